The number of carbonyl (C=O) groups is 1. The van der Waals surface area contributed by atoms with Gasteiger partial charge < -0.3 is 5.73 Å². The average molecular weight is 250 g/mol. The van der Waals surface area contributed by atoms with Gasteiger partial charge in [0.05, 0.1) is 5.54 Å². The molecule has 4 heteroatoms. The summed E-state index contributed by atoms with van der Waals surface area (Å²) < 4.78 is 0. The van der Waals surface area contributed by atoms with Gasteiger partial charge in [-0.05, 0) is 29.9 Å². The fraction of sp³-hybridized carbons (Fsp3) is 0.462. The number of rotatable bonds is 4. The molecule has 3 nitrogen and oxygen atoms in total. The van der Waals surface area contributed by atoms with Gasteiger partial charge in [0.1, 0.15) is 0 Å². The van der Waals surface area contributed by atoms with Crippen LogP contribution < -0.4 is 11.1 Å². The van der Waals surface area contributed by atoms with Crippen molar-refractivity contribution in [1.82, 2.24) is 5.32 Å². The monoisotopic (exact) mass is 250 g/mol. The Hall–Kier alpha value is -1.00. The van der Waals surface area contributed by atoms with Gasteiger partial charge in [-0.1, -0.05) is 30.3 Å². The van der Waals surface area contributed by atoms with Crippen LogP contribution in [0.2, 0.25) is 0 Å². The molecule has 0 bridgehead atoms. The number of benzene rings is 1. The Bertz CT molecular complexity index is 374. The first-order chi connectivity index (χ1) is 8.23. The Morgan fingerprint density at radius 2 is 1.94 bits per heavy atom. The van der Waals surface area contributed by atoms with Gasteiger partial charge in [-0.3, -0.25) is 10.1 Å². The second-order valence-corrected chi connectivity index (χ2v) is 5.62. The van der Waals surface area contributed by atoms with Gasteiger partial charge in [0.15, 0.2) is 0 Å². The number of thioether (sulfide) groups is 1. The quantitative estimate of drug-likeness (QED) is 0.852. The smallest absolute Gasteiger partial charge is 0.237 e. The fourth-order valence-electron chi connectivity index (χ4n) is 2.10. The van der Waals surface area contributed by atoms with E-state index in [9.17, 15) is 4.79 Å². The summed E-state index contributed by atoms with van der Waals surface area (Å²) in [4.78, 5) is 11.6. The molecule has 3 N–H and O–H groups in total. The van der Waals surface area contributed by atoms with Gasteiger partial charge >= 0.3 is 0 Å². The number of nitrogens with two attached hydrogens (primary N) is 1. The summed E-state index contributed by atoms with van der Waals surface area (Å²) in [6, 6.07) is 10.1. The maximum atomic E-state index is 11.6. The van der Waals surface area contributed by atoms with Crippen LogP contribution in [0.25, 0.3) is 0 Å². The summed E-state index contributed by atoms with van der Waals surface area (Å²) in [6.07, 6.45) is 1.67. The number of hydrogen-bond donors (Lipinski definition) is 2. The molecule has 0 spiro atoms. The second-order valence-electron chi connectivity index (χ2n) is 4.40. The molecule has 1 aliphatic rings. The van der Waals surface area contributed by atoms with Gasteiger partial charge in [-0.15, -0.1) is 0 Å². The molecule has 1 heterocycles. The number of carbonyl (C=O) groups excluding carboxylic acids is 1. The van der Waals surface area contributed by atoms with E-state index < -0.39 is 5.54 Å². The summed E-state index contributed by atoms with van der Waals surface area (Å²) in [5.41, 5.74) is 6.24. The van der Waals surface area contributed by atoms with E-state index in [-0.39, 0.29) is 5.91 Å². The van der Waals surface area contributed by atoms with Crippen molar-refractivity contribution in [2.75, 3.05) is 11.5 Å². The van der Waals surface area contributed by atoms with Crippen LogP contribution in [0.4, 0.5) is 0 Å². The minimum atomic E-state index is -0.499. The largest absolute Gasteiger partial charge is 0.368 e. The van der Waals surface area contributed by atoms with E-state index in [2.05, 4.69) is 17.4 Å². The molecule has 1 saturated heterocycles. The topological polar surface area (TPSA) is 55.1 Å². The Morgan fingerprint density at radius 1 is 1.29 bits per heavy atom. The van der Waals surface area contributed by atoms with Gasteiger partial charge in [-0.25, -0.2) is 0 Å². The lowest BCUT2D eigenvalue weighted by atomic mass is 9.91. The Kier molecular flexibility index (Phi) is 4.07. The summed E-state index contributed by atoms with van der Waals surface area (Å²) in [7, 11) is 0. The third-order valence-electron chi connectivity index (χ3n) is 3.29. The predicted molar refractivity (Wildman–Crippen MR) is 71.8 cm³/mol. The first kappa shape index (κ1) is 12.5. The molecular weight excluding hydrogens is 232 g/mol. The summed E-state index contributed by atoms with van der Waals surface area (Å²) in [5.74, 6) is 1.80. The fourth-order valence-corrected chi connectivity index (χ4v) is 3.29. The van der Waals surface area contributed by atoms with Crippen molar-refractivity contribution in [2.24, 2.45) is 5.73 Å². The molecule has 0 atom stereocenters. The Labute approximate surface area is 106 Å². The van der Waals surface area contributed by atoms with Crippen molar-refractivity contribution >= 4 is 17.7 Å². The normalized spacial score (nSPS) is 18.8. The second kappa shape index (κ2) is 5.56. The highest BCUT2D eigenvalue weighted by molar-refractivity contribution is 7.99. The van der Waals surface area contributed by atoms with Gasteiger partial charge in [-0.2, -0.15) is 11.8 Å². The van der Waals surface area contributed by atoms with Crippen LogP contribution in [0.15, 0.2) is 30.3 Å². The molecule has 0 saturated carbocycles. The van der Waals surface area contributed by atoms with Crippen molar-refractivity contribution in [1.29, 1.82) is 0 Å². The zero-order valence-electron chi connectivity index (χ0n) is 9.82. The lowest BCUT2D eigenvalue weighted by Gasteiger charge is -2.35. The van der Waals surface area contributed by atoms with E-state index >= 15 is 0 Å². The van der Waals surface area contributed by atoms with Crippen LogP contribution in [-0.4, -0.2) is 23.0 Å². The van der Waals surface area contributed by atoms with Crippen LogP contribution in [0, 0.1) is 0 Å². The summed E-state index contributed by atoms with van der Waals surface area (Å²) in [5, 5.41) is 3.36. The van der Waals surface area contributed by atoms with Crippen LogP contribution in [0.5, 0.6) is 0 Å². The molecule has 92 valence electrons. The molecule has 1 aromatic carbocycles. The van der Waals surface area contributed by atoms with Crippen molar-refractivity contribution in [3.8, 4) is 0 Å². The molecule has 1 fully saturated rings. The molecule has 17 heavy (non-hydrogen) atoms. The van der Waals surface area contributed by atoms with Crippen LogP contribution in [0.3, 0.4) is 0 Å². The van der Waals surface area contributed by atoms with Crippen molar-refractivity contribution in [3.05, 3.63) is 35.9 Å². The third kappa shape index (κ3) is 3.01. The van der Waals surface area contributed by atoms with Crippen LogP contribution >= 0.6 is 11.8 Å². The number of hydrogen-bond acceptors (Lipinski definition) is 3. The highest BCUT2D eigenvalue weighted by atomic mass is 32.2. The van der Waals surface area contributed by atoms with Crippen molar-refractivity contribution in [3.63, 3.8) is 0 Å². The molecule has 0 radical (unpaired) electrons. The minimum absolute atomic E-state index is 0.214. The van der Waals surface area contributed by atoms with Crippen LogP contribution in [-0.2, 0) is 11.3 Å². The van der Waals surface area contributed by atoms with Crippen molar-refractivity contribution < 1.29 is 4.79 Å². The van der Waals surface area contributed by atoms with E-state index in [0.717, 1.165) is 24.3 Å². The first-order valence-electron chi connectivity index (χ1n) is 5.90. The van der Waals surface area contributed by atoms with Gasteiger partial charge in [0, 0.05) is 6.54 Å². The molecule has 0 aromatic heterocycles. The molecule has 1 aromatic rings. The number of amides is 1. The third-order valence-corrected chi connectivity index (χ3v) is 4.28. The average Bonchev–Trinajstić information content (AvgIpc) is 2.38. The summed E-state index contributed by atoms with van der Waals surface area (Å²) >= 11 is 1.89. The minimum Gasteiger partial charge on any atom is -0.368 e. The van der Waals surface area contributed by atoms with E-state index in [1.54, 1.807) is 0 Å². The SMILES string of the molecule is NC(=O)C1(NCc2ccccc2)CCSCC1. The molecule has 1 amide bonds. The van der Waals surface area contributed by atoms with E-state index in [4.69, 9.17) is 5.73 Å². The van der Waals surface area contributed by atoms with E-state index in [0.29, 0.717) is 6.54 Å². The maximum absolute atomic E-state index is 11.6. The Balaban J connectivity index is 2.01. The van der Waals surface area contributed by atoms with E-state index in [1.807, 2.05) is 30.0 Å². The summed E-state index contributed by atoms with van der Waals surface area (Å²) in [6.45, 7) is 0.703. The highest BCUT2D eigenvalue weighted by Gasteiger charge is 2.37. The lowest BCUT2D eigenvalue weighted by Crippen LogP contribution is -2.57. The lowest BCUT2D eigenvalue weighted by molar-refractivity contribution is -0.124. The zero-order chi connectivity index (χ0) is 12.1. The first-order valence-corrected chi connectivity index (χ1v) is 7.05. The molecular formula is C13H18N2OS. The zero-order valence-corrected chi connectivity index (χ0v) is 10.6. The van der Waals surface area contributed by atoms with Gasteiger partial charge in [0.2, 0.25) is 5.91 Å². The number of primary amides is 1. The van der Waals surface area contributed by atoms with E-state index in [1.165, 1.54) is 5.56 Å². The van der Waals surface area contributed by atoms with Crippen LogP contribution in [0.1, 0.15) is 18.4 Å². The molecule has 0 unspecified atom stereocenters. The highest BCUT2D eigenvalue weighted by Crippen LogP contribution is 2.27. The maximum Gasteiger partial charge on any atom is 0.237 e. The molecule has 1 aliphatic heterocycles. The van der Waals surface area contributed by atoms with Gasteiger partial charge in [0.25, 0.3) is 0 Å². The Morgan fingerprint density at radius 3 is 2.53 bits per heavy atom. The van der Waals surface area contributed by atoms with Crippen molar-refractivity contribution in [2.45, 2.75) is 24.9 Å². The number of nitrogens with one attached hydrogen (secondary N) is 1. The standard InChI is InChI=1S/C13H18N2OS/c14-12(16)13(6-8-17-9-7-13)15-10-11-4-2-1-3-5-11/h1-5,15H,6-10H2,(H2,14,16). The molecule has 2 rings (SSSR count). The predicted octanol–water partition coefficient (Wildman–Crippen LogP) is 1.53. The molecule has 0 aliphatic carbocycles.